The zero-order valence-corrected chi connectivity index (χ0v) is 12.9. The van der Waals surface area contributed by atoms with Crippen LogP contribution in [-0.2, 0) is 24.0 Å². The number of imide groups is 1. The molecule has 1 unspecified atom stereocenters. The van der Waals surface area contributed by atoms with Crippen LogP contribution in [0.1, 0.15) is 20.3 Å². The summed E-state index contributed by atoms with van der Waals surface area (Å²) in [6.07, 6.45) is 2.10. The Morgan fingerprint density at radius 1 is 1.17 bits per heavy atom. The van der Waals surface area contributed by atoms with Gasteiger partial charge >= 0.3 is 5.97 Å². The molecule has 0 fully saturated rings. The number of carboxylic acid groups (broad SMARTS) is 1. The molecule has 0 saturated carbocycles. The highest BCUT2D eigenvalue weighted by Gasteiger charge is 2.27. The van der Waals surface area contributed by atoms with Gasteiger partial charge in [0.25, 0.3) is 11.8 Å². The van der Waals surface area contributed by atoms with Crippen LogP contribution in [0.15, 0.2) is 12.2 Å². The standard InChI is InChI=1S/C14H19N3O6/c1-8(2)13(14(23)15-7-12(21)22)16-9(18)5-6-17-10(19)3-4-11(17)20/h3-4,8,13H,5-7H2,1-2H3,(H,15,23)(H,16,18)(H,21,22). The van der Waals surface area contributed by atoms with Gasteiger partial charge in [-0.25, -0.2) is 0 Å². The van der Waals surface area contributed by atoms with Crippen LogP contribution < -0.4 is 10.6 Å². The lowest BCUT2D eigenvalue weighted by Gasteiger charge is -2.22. The van der Waals surface area contributed by atoms with Crippen LogP contribution in [0.5, 0.6) is 0 Å². The van der Waals surface area contributed by atoms with Gasteiger partial charge in [-0.15, -0.1) is 0 Å². The molecule has 1 heterocycles. The summed E-state index contributed by atoms with van der Waals surface area (Å²) < 4.78 is 0. The summed E-state index contributed by atoms with van der Waals surface area (Å²) in [7, 11) is 0. The average molecular weight is 325 g/mol. The zero-order valence-electron chi connectivity index (χ0n) is 12.9. The molecule has 0 radical (unpaired) electrons. The van der Waals surface area contributed by atoms with Crippen LogP contribution in [0.25, 0.3) is 0 Å². The lowest BCUT2D eigenvalue weighted by molar-refractivity contribution is -0.138. The Morgan fingerprint density at radius 3 is 2.22 bits per heavy atom. The SMILES string of the molecule is CC(C)C(NC(=O)CCN1C(=O)C=CC1=O)C(=O)NCC(=O)O. The molecule has 23 heavy (non-hydrogen) atoms. The first kappa shape index (κ1) is 18.3. The van der Waals surface area contributed by atoms with E-state index in [-0.39, 0.29) is 18.9 Å². The number of carbonyl (C=O) groups excluding carboxylic acids is 4. The lowest BCUT2D eigenvalue weighted by Crippen LogP contribution is -2.51. The first-order valence-corrected chi connectivity index (χ1v) is 7.04. The second kappa shape index (κ2) is 8.06. The highest BCUT2D eigenvalue weighted by atomic mass is 16.4. The number of carboxylic acids is 1. The van der Waals surface area contributed by atoms with Crippen LogP contribution in [0.3, 0.4) is 0 Å². The van der Waals surface area contributed by atoms with Crippen molar-refractivity contribution in [2.45, 2.75) is 26.3 Å². The first-order valence-electron chi connectivity index (χ1n) is 7.04. The van der Waals surface area contributed by atoms with Crippen molar-refractivity contribution in [2.24, 2.45) is 5.92 Å². The largest absolute Gasteiger partial charge is 0.480 e. The van der Waals surface area contributed by atoms with Gasteiger partial charge in [-0.05, 0) is 5.92 Å². The van der Waals surface area contributed by atoms with Crippen LogP contribution in [-0.4, -0.2) is 58.7 Å². The fraction of sp³-hybridized carbons (Fsp3) is 0.500. The van der Waals surface area contributed by atoms with Gasteiger partial charge < -0.3 is 15.7 Å². The van der Waals surface area contributed by atoms with E-state index < -0.39 is 42.2 Å². The maximum absolute atomic E-state index is 11.9. The van der Waals surface area contributed by atoms with E-state index in [1.165, 1.54) is 0 Å². The van der Waals surface area contributed by atoms with Crippen LogP contribution >= 0.6 is 0 Å². The van der Waals surface area contributed by atoms with E-state index >= 15 is 0 Å². The maximum Gasteiger partial charge on any atom is 0.322 e. The number of carbonyl (C=O) groups is 5. The molecule has 0 saturated heterocycles. The highest BCUT2D eigenvalue weighted by Crippen LogP contribution is 2.06. The van der Waals surface area contributed by atoms with E-state index in [1.54, 1.807) is 13.8 Å². The van der Waals surface area contributed by atoms with E-state index in [1.807, 2.05) is 0 Å². The molecule has 0 aliphatic carbocycles. The summed E-state index contributed by atoms with van der Waals surface area (Å²) >= 11 is 0. The molecule has 0 bridgehead atoms. The molecule has 3 N–H and O–H groups in total. The lowest BCUT2D eigenvalue weighted by atomic mass is 10.0. The van der Waals surface area contributed by atoms with Crippen molar-refractivity contribution in [1.29, 1.82) is 0 Å². The average Bonchev–Trinajstić information content (AvgIpc) is 2.78. The van der Waals surface area contributed by atoms with Gasteiger partial charge in [-0.1, -0.05) is 13.8 Å². The Kier molecular flexibility index (Phi) is 6.43. The normalized spacial score (nSPS) is 15.0. The fourth-order valence-electron chi connectivity index (χ4n) is 1.92. The van der Waals surface area contributed by atoms with Gasteiger partial charge in [-0.3, -0.25) is 28.9 Å². The van der Waals surface area contributed by atoms with Gasteiger partial charge in [0, 0.05) is 25.1 Å². The molecule has 9 nitrogen and oxygen atoms in total. The quantitative estimate of drug-likeness (QED) is 0.472. The Bertz CT molecular complexity index is 537. The number of hydrogen-bond acceptors (Lipinski definition) is 5. The Labute approximate surface area is 132 Å². The summed E-state index contributed by atoms with van der Waals surface area (Å²) in [5.41, 5.74) is 0. The van der Waals surface area contributed by atoms with E-state index in [0.717, 1.165) is 17.1 Å². The second-order valence-electron chi connectivity index (χ2n) is 5.31. The fourth-order valence-corrected chi connectivity index (χ4v) is 1.92. The minimum atomic E-state index is -1.19. The van der Waals surface area contributed by atoms with Gasteiger partial charge in [0.1, 0.15) is 12.6 Å². The molecule has 1 aliphatic heterocycles. The summed E-state index contributed by atoms with van der Waals surface area (Å²) in [4.78, 5) is 57.8. The first-order chi connectivity index (χ1) is 10.7. The van der Waals surface area contributed by atoms with Crippen molar-refractivity contribution < 1.29 is 29.1 Å². The van der Waals surface area contributed by atoms with Crippen LogP contribution in [0, 0.1) is 5.92 Å². The van der Waals surface area contributed by atoms with E-state index in [4.69, 9.17) is 5.11 Å². The van der Waals surface area contributed by atoms with Crippen LogP contribution in [0.4, 0.5) is 0 Å². The van der Waals surface area contributed by atoms with Crippen LogP contribution in [0.2, 0.25) is 0 Å². The topological polar surface area (TPSA) is 133 Å². The predicted molar refractivity (Wildman–Crippen MR) is 77.9 cm³/mol. The molecule has 1 rings (SSSR count). The summed E-state index contributed by atoms with van der Waals surface area (Å²) in [5.74, 6) is -3.53. The third kappa shape index (κ3) is 5.53. The van der Waals surface area contributed by atoms with Gasteiger partial charge in [-0.2, -0.15) is 0 Å². The highest BCUT2D eigenvalue weighted by molar-refractivity contribution is 6.13. The third-order valence-corrected chi connectivity index (χ3v) is 3.14. The predicted octanol–water partition coefficient (Wildman–Crippen LogP) is -1.36. The molecule has 9 heteroatoms. The minimum Gasteiger partial charge on any atom is -0.480 e. The monoisotopic (exact) mass is 325 g/mol. The number of hydrogen-bond donors (Lipinski definition) is 3. The van der Waals surface area contributed by atoms with E-state index in [9.17, 15) is 24.0 Å². The smallest absolute Gasteiger partial charge is 0.322 e. The molecule has 4 amide bonds. The van der Waals surface area contributed by atoms with Gasteiger partial charge in [0.2, 0.25) is 11.8 Å². The van der Waals surface area contributed by atoms with Crippen molar-refractivity contribution in [3.8, 4) is 0 Å². The number of aliphatic carboxylic acids is 1. The van der Waals surface area contributed by atoms with Crippen molar-refractivity contribution in [1.82, 2.24) is 15.5 Å². The summed E-state index contributed by atoms with van der Waals surface area (Å²) in [6, 6.07) is -0.898. The Hall–Kier alpha value is -2.71. The Morgan fingerprint density at radius 2 is 1.74 bits per heavy atom. The summed E-state index contributed by atoms with van der Waals surface area (Å²) in [6.45, 7) is 2.77. The number of nitrogens with zero attached hydrogens (tertiary/aromatic N) is 1. The molecular formula is C14H19N3O6. The van der Waals surface area contributed by atoms with Crippen molar-refractivity contribution in [3.63, 3.8) is 0 Å². The summed E-state index contributed by atoms with van der Waals surface area (Å²) in [5, 5.41) is 13.2. The molecule has 126 valence electrons. The van der Waals surface area contributed by atoms with E-state index in [2.05, 4.69) is 10.6 Å². The molecular weight excluding hydrogens is 306 g/mol. The second-order valence-corrected chi connectivity index (χ2v) is 5.31. The molecule has 0 aromatic rings. The van der Waals surface area contributed by atoms with Crippen molar-refractivity contribution in [2.75, 3.05) is 13.1 Å². The Balaban J connectivity index is 2.51. The van der Waals surface area contributed by atoms with Crippen molar-refractivity contribution >= 4 is 29.6 Å². The van der Waals surface area contributed by atoms with Gasteiger partial charge in [0.05, 0.1) is 0 Å². The number of amides is 4. The number of rotatable bonds is 8. The third-order valence-electron chi connectivity index (χ3n) is 3.14. The zero-order chi connectivity index (χ0) is 17.6. The molecule has 0 spiro atoms. The van der Waals surface area contributed by atoms with E-state index in [0.29, 0.717) is 0 Å². The van der Waals surface area contributed by atoms with Gasteiger partial charge in [0.15, 0.2) is 0 Å². The molecule has 0 aromatic carbocycles. The molecule has 1 aliphatic rings. The molecule has 0 aromatic heterocycles. The minimum absolute atomic E-state index is 0.0853. The van der Waals surface area contributed by atoms with Crippen molar-refractivity contribution in [3.05, 3.63) is 12.2 Å². The number of nitrogens with one attached hydrogen (secondary N) is 2. The maximum atomic E-state index is 11.9. The molecule has 1 atom stereocenters.